The topological polar surface area (TPSA) is 60.2 Å². The number of nitro groups is 1. The molecule has 0 saturated carbocycles. The first-order chi connectivity index (χ1) is 6.72. The van der Waals surface area contributed by atoms with Crippen LogP contribution in [0.1, 0.15) is 45.4 Å². The lowest BCUT2D eigenvalue weighted by Gasteiger charge is -2.02. The van der Waals surface area contributed by atoms with E-state index in [9.17, 15) is 14.9 Å². The van der Waals surface area contributed by atoms with Crippen molar-refractivity contribution in [2.75, 3.05) is 0 Å². The molecule has 0 aromatic rings. The zero-order valence-electron chi connectivity index (χ0n) is 8.57. The summed E-state index contributed by atoms with van der Waals surface area (Å²) in [6.07, 6.45) is 7.97. The van der Waals surface area contributed by atoms with Crippen LogP contribution in [-0.4, -0.2) is 11.2 Å². The van der Waals surface area contributed by atoms with E-state index in [1.165, 1.54) is 0 Å². The van der Waals surface area contributed by atoms with Crippen LogP contribution in [0.3, 0.4) is 0 Å². The smallest absolute Gasteiger partial charge is 0.242 e. The molecular formula is C10H17NO3. The van der Waals surface area contributed by atoms with E-state index in [0.717, 1.165) is 32.0 Å². The van der Waals surface area contributed by atoms with Crippen molar-refractivity contribution in [3.05, 3.63) is 21.9 Å². The maximum Gasteiger partial charge on any atom is 0.242 e. The molecule has 80 valence electrons. The second kappa shape index (κ2) is 8.41. The minimum Gasteiger partial charge on any atom is -0.303 e. The second-order valence-corrected chi connectivity index (χ2v) is 3.15. The number of hydrogen-bond donors (Lipinski definition) is 0. The third-order valence-corrected chi connectivity index (χ3v) is 1.91. The molecule has 1 aliphatic carbocycles. The molecule has 1 aliphatic rings. The van der Waals surface area contributed by atoms with Gasteiger partial charge in [0.1, 0.15) is 6.29 Å². The Morgan fingerprint density at radius 2 is 2.29 bits per heavy atom. The van der Waals surface area contributed by atoms with Crippen LogP contribution in [0, 0.1) is 10.1 Å². The van der Waals surface area contributed by atoms with E-state index in [4.69, 9.17) is 0 Å². The number of carbonyl (C=O) groups is 1. The molecule has 0 aromatic carbocycles. The lowest BCUT2D eigenvalue weighted by atomic mass is 10.1. The molecule has 0 aromatic heterocycles. The molecule has 1 rings (SSSR count). The molecule has 4 nitrogen and oxygen atoms in total. The molecule has 0 heterocycles. The van der Waals surface area contributed by atoms with E-state index >= 15 is 0 Å². The summed E-state index contributed by atoms with van der Waals surface area (Å²) in [7, 11) is 0. The van der Waals surface area contributed by atoms with E-state index in [1.54, 1.807) is 6.08 Å². The Labute approximate surface area is 84.1 Å². The Morgan fingerprint density at radius 3 is 2.50 bits per heavy atom. The predicted octanol–water partition coefficient (Wildman–Crippen LogP) is 2.71. The highest BCUT2D eigenvalue weighted by Gasteiger charge is 2.12. The van der Waals surface area contributed by atoms with E-state index in [2.05, 4.69) is 0 Å². The average molecular weight is 199 g/mol. The highest BCUT2D eigenvalue weighted by molar-refractivity contribution is 5.48. The number of hydrogen-bond acceptors (Lipinski definition) is 3. The van der Waals surface area contributed by atoms with E-state index in [1.807, 2.05) is 6.92 Å². The predicted molar refractivity (Wildman–Crippen MR) is 54.5 cm³/mol. The molecule has 0 aliphatic heterocycles. The van der Waals surface area contributed by atoms with Crippen molar-refractivity contribution < 1.29 is 9.72 Å². The molecule has 0 atom stereocenters. The van der Waals surface area contributed by atoms with Gasteiger partial charge in [0.2, 0.25) is 5.70 Å². The maximum absolute atomic E-state index is 10.1. The molecule has 0 fully saturated rings. The van der Waals surface area contributed by atoms with Crippen molar-refractivity contribution in [2.45, 2.75) is 45.4 Å². The zero-order valence-corrected chi connectivity index (χ0v) is 8.57. The van der Waals surface area contributed by atoms with Crippen molar-refractivity contribution >= 4 is 6.29 Å². The molecule has 0 saturated heterocycles. The Hall–Kier alpha value is -1.19. The van der Waals surface area contributed by atoms with Crippen LogP contribution in [0.5, 0.6) is 0 Å². The lowest BCUT2D eigenvalue weighted by molar-refractivity contribution is -0.429. The third-order valence-electron chi connectivity index (χ3n) is 1.91. The van der Waals surface area contributed by atoms with Crippen LogP contribution < -0.4 is 0 Å². The molecule has 0 N–H and O–H groups in total. The van der Waals surface area contributed by atoms with Crippen LogP contribution in [0.4, 0.5) is 0 Å². The highest BCUT2D eigenvalue weighted by Crippen LogP contribution is 2.16. The number of unbranched alkanes of at least 4 members (excludes halogenated alkanes) is 1. The first-order valence-electron chi connectivity index (χ1n) is 4.99. The number of rotatable bonds is 3. The van der Waals surface area contributed by atoms with Crippen molar-refractivity contribution in [3.8, 4) is 0 Å². The molecule has 0 unspecified atom stereocenters. The fourth-order valence-electron chi connectivity index (χ4n) is 1.10. The van der Waals surface area contributed by atoms with Crippen molar-refractivity contribution in [1.82, 2.24) is 0 Å². The molecule has 0 bridgehead atoms. The summed E-state index contributed by atoms with van der Waals surface area (Å²) >= 11 is 0. The molecule has 0 spiro atoms. The minimum absolute atomic E-state index is 0.279. The lowest BCUT2D eigenvalue weighted by Crippen LogP contribution is -2.01. The van der Waals surface area contributed by atoms with Gasteiger partial charge in [-0.3, -0.25) is 10.1 Å². The van der Waals surface area contributed by atoms with Crippen LogP contribution in [0.25, 0.3) is 0 Å². The van der Waals surface area contributed by atoms with Gasteiger partial charge in [-0.25, -0.2) is 0 Å². The first kappa shape index (κ1) is 12.8. The average Bonchev–Trinajstić information content (AvgIpc) is 2.21. The van der Waals surface area contributed by atoms with Gasteiger partial charge in [0.05, 0.1) is 4.92 Å². The summed E-state index contributed by atoms with van der Waals surface area (Å²) in [5, 5.41) is 10.1. The fraction of sp³-hybridized carbons (Fsp3) is 0.700. The standard InChI is InChI=1S/C6H9NO2.C4H8O/c8-7(9)6-4-2-1-3-5-6;1-2-3-4-5/h4H,1-3,5H2;4H,2-3H2,1H3. The highest BCUT2D eigenvalue weighted by atomic mass is 16.6. The van der Waals surface area contributed by atoms with E-state index in [-0.39, 0.29) is 4.92 Å². The van der Waals surface area contributed by atoms with Crippen molar-refractivity contribution in [3.63, 3.8) is 0 Å². The summed E-state index contributed by atoms with van der Waals surface area (Å²) < 4.78 is 0. The summed E-state index contributed by atoms with van der Waals surface area (Å²) in [5.74, 6) is 0. The van der Waals surface area contributed by atoms with Gasteiger partial charge in [0, 0.05) is 12.8 Å². The first-order valence-corrected chi connectivity index (χ1v) is 4.99. The minimum atomic E-state index is -0.279. The van der Waals surface area contributed by atoms with Crippen LogP contribution >= 0.6 is 0 Å². The number of carbonyl (C=O) groups excluding carboxylic acids is 1. The molecule has 0 amide bonds. The third kappa shape index (κ3) is 6.34. The van der Waals surface area contributed by atoms with Gasteiger partial charge in [0.25, 0.3) is 0 Å². The van der Waals surface area contributed by atoms with Gasteiger partial charge in [-0.05, 0) is 31.8 Å². The van der Waals surface area contributed by atoms with Gasteiger partial charge in [0.15, 0.2) is 0 Å². The zero-order chi connectivity index (χ0) is 10.8. The molecule has 0 radical (unpaired) electrons. The van der Waals surface area contributed by atoms with Crippen LogP contribution in [0.15, 0.2) is 11.8 Å². The van der Waals surface area contributed by atoms with Gasteiger partial charge in [-0.2, -0.15) is 0 Å². The van der Waals surface area contributed by atoms with E-state index in [0.29, 0.717) is 18.5 Å². The number of nitrogens with zero attached hydrogens (tertiary/aromatic N) is 1. The monoisotopic (exact) mass is 199 g/mol. The Kier molecular flexibility index (Phi) is 7.70. The van der Waals surface area contributed by atoms with E-state index < -0.39 is 0 Å². The normalized spacial score (nSPS) is 14.8. The summed E-state index contributed by atoms with van der Waals surface area (Å²) in [4.78, 5) is 19.2. The Morgan fingerprint density at radius 1 is 1.57 bits per heavy atom. The maximum atomic E-state index is 10.1. The van der Waals surface area contributed by atoms with Gasteiger partial charge in [-0.1, -0.05) is 6.92 Å². The van der Waals surface area contributed by atoms with Gasteiger partial charge in [-0.15, -0.1) is 0 Å². The Balaban J connectivity index is 0.000000292. The number of aldehydes is 1. The molecule has 4 heteroatoms. The summed E-state index contributed by atoms with van der Waals surface area (Å²) in [5.41, 5.74) is 0.404. The van der Waals surface area contributed by atoms with Crippen molar-refractivity contribution in [1.29, 1.82) is 0 Å². The Bertz CT molecular complexity index is 211. The quantitative estimate of drug-likeness (QED) is 0.399. The number of allylic oxidation sites excluding steroid dienone is 2. The van der Waals surface area contributed by atoms with Gasteiger partial charge < -0.3 is 4.79 Å². The summed E-state index contributed by atoms with van der Waals surface area (Å²) in [6, 6.07) is 0. The largest absolute Gasteiger partial charge is 0.303 e. The van der Waals surface area contributed by atoms with Gasteiger partial charge >= 0.3 is 0 Å². The SMILES string of the molecule is CCCC=O.O=[N+]([O-])C1=CCCCC1. The fourth-order valence-corrected chi connectivity index (χ4v) is 1.10. The second-order valence-electron chi connectivity index (χ2n) is 3.15. The molecular weight excluding hydrogens is 182 g/mol. The van der Waals surface area contributed by atoms with Crippen molar-refractivity contribution in [2.24, 2.45) is 0 Å². The molecule has 14 heavy (non-hydrogen) atoms. The van der Waals surface area contributed by atoms with Crippen LogP contribution in [-0.2, 0) is 4.79 Å². The van der Waals surface area contributed by atoms with Crippen LogP contribution in [0.2, 0.25) is 0 Å². The summed E-state index contributed by atoms with van der Waals surface area (Å²) in [6.45, 7) is 1.98.